The molecule has 144 valence electrons. The van der Waals surface area contributed by atoms with Gasteiger partial charge in [-0.3, -0.25) is 4.79 Å². The summed E-state index contributed by atoms with van der Waals surface area (Å²) in [5.41, 5.74) is 1.73. The van der Waals surface area contributed by atoms with Gasteiger partial charge in [-0.1, -0.05) is 37.6 Å². The molecule has 2 aliphatic rings. The van der Waals surface area contributed by atoms with Gasteiger partial charge in [0, 0.05) is 12.6 Å². The van der Waals surface area contributed by atoms with Gasteiger partial charge in [-0.05, 0) is 43.2 Å². The fourth-order valence-corrected chi connectivity index (χ4v) is 5.96. The molecule has 1 aromatic carbocycles. The molecule has 0 aromatic heterocycles. The molecule has 0 bridgehead atoms. The zero-order valence-electron chi connectivity index (χ0n) is 15.5. The second-order valence-corrected chi connectivity index (χ2v) is 9.91. The van der Waals surface area contributed by atoms with Crippen molar-refractivity contribution < 1.29 is 17.9 Å². The van der Waals surface area contributed by atoms with Crippen molar-refractivity contribution >= 4 is 15.7 Å². The van der Waals surface area contributed by atoms with Gasteiger partial charge < -0.3 is 10.1 Å². The lowest BCUT2D eigenvalue weighted by Crippen LogP contribution is -2.49. The maximum atomic E-state index is 12.4. The number of ether oxygens (including phenoxy) is 1. The van der Waals surface area contributed by atoms with Gasteiger partial charge in [-0.15, -0.1) is 0 Å². The van der Waals surface area contributed by atoms with Gasteiger partial charge >= 0.3 is 0 Å². The second-order valence-electron chi connectivity index (χ2n) is 7.73. The number of hydrogen-bond acceptors (Lipinski definition) is 4. The van der Waals surface area contributed by atoms with Crippen LogP contribution in [0.4, 0.5) is 0 Å². The van der Waals surface area contributed by atoms with E-state index >= 15 is 0 Å². The molecular formula is C20H29NO4S. The summed E-state index contributed by atoms with van der Waals surface area (Å²) in [4.78, 5) is 12.4. The molecule has 1 amide bonds. The molecule has 2 saturated heterocycles. The van der Waals surface area contributed by atoms with Crippen LogP contribution in [0.2, 0.25) is 0 Å². The zero-order chi connectivity index (χ0) is 18.6. The largest absolute Gasteiger partial charge is 0.374 e. The van der Waals surface area contributed by atoms with Crippen LogP contribution in [-0.4, -0.2) is 44.1 Å². The zero-order valence-corrected chi connectivity index (χ0v) is 16.3. The van der Waals surface area contributed by atoms with Crippen LogP contribution >= 0.6 is 0 Å². The van der Waals surface area contributed by atoms with Crippen molar-refractivity contribution in [2.24, 2.45) is 0 Å². The van der Waals surface area contributed by atoms with Gasteiger partial charge in [-0.25, -0.2) is 8.42 Å². The molecule has 0 unspecified atom stereocenters. The summed E-state index contributed by atoms with van der Waals surface area (Å²) in [6, 6.07) is 8.25. The molecule has 0 radical (unpaired) electrons. The van der Waals surface area contributed by atoms with Crippen LogP contribution in [0.25, 0.3) is 0 Å². The maximum Gasteiger partial charge on any atom is 0.224 e. The van der Waals surface area contributed by atoms with Crippen LogP contribution in [-0.2, 0) is 32.2 Å². The van der Waals surface area contributed by atoms with Crippen molar-refractivity contribution in [3.8, 4) is 0 Å². The Labute approximate surface area is 156 Å². The Morgan fingerprint density at radius 2 is 2.00 bits per heavy atom. The topological polar surface area (TPSA) is 72.5 Å². The van der Waals surface area contributed by atoms with Gasteiger partial charge in [0.15, 0.2) is 9.84 Å². The predicted molar refractivity (Wildman–Crippen MR) is 102 cm³/mol. The summed E-state index contributed by atoms with van der Waals surface area (Å²) >= 11 is 0. The number of unbranched alkanes of at least 4 members (excludes halogenated alkanes) is 1. The molecule has 5 nitrogen and oxygen atoms in total. The molecule has 2 aliphatic heterocycles. The average Bonchev–Trinajstić information content (AvgIpc) is 2.88. The lowest BCUT2D eigenvalue weighted by molar-refractivity contribution is -0.123. The first-order chi connectivity index (χ1) is 12.4. The number of rotatable bonds is 6. The average molecular weight is 380 g/mol. The Hall–Kier alpha value is -1.40. The number of benzene rings is 1. The van der Waals surface area contributed by atoms with Crippen molar-refractivity contribution in [2.75, 3.05) is 18.1 Å². The summed E-state index contributed by atoms with van der Waals surface area (Å²) in [7, 11) is -3.00. The van der Waals surface area contributed by atoms with E-state index in [-0.39, 0.29) is 23.5 Å². The Balaban J connectivity index is 1.51. The first-order valence-corrected chi connectivity index (χ1v) is 11.4. The Bertz CT molecular complexity index is 729. The van der Waals surface area contributed by atoms with Crippen LogP contribution in [0, 0.1) is 0 Å². The summed E-state index contributed by atoms with van der Waals surface area (Å²) in [6.45, 7) is 2.69. The number of sulfone groups is 1. The maximum absolute atomic E-state index is 12.4. The monoisotopic (exact) mass is 379 g/mol. The van der Waals surface area contributed by atoms with Crippen molar-refractivity contribution in [2.45, 2.75) is 63.5 Å². The second kappa shape index (κ2) is 8.09. The highest BCUT2D eigenvalue weighted by atomic mass is 32.2. The molecule has 2 atom stereocenters. The quantitative estimate of drug-likeness (QED) is 0.824. The molecule has 1 N–H and O–H groups in total. The molecule has 26 heavy (non-hydrogen) atoms. The molecule has 1 aromatic rings. The third-order valence-electron chi connectivity index (χ3n) is 5.42. The summed E-state index contributed by atoms with van der Waals surface area (Å²) in [5.74, 6) is 0.276. The Kier molecular flexibility index (Phi) is 6.03. The molecule has 2 fully saturated rings. The van der Waals surface area contributed by atoms with Gasteiger partial charge in [0.2, 0.25) is 5.91 Å². The van der Waals surface area contributed by atoms with E-state index in [1.165, 1.54) is 18.4 Å². The number of amides is 1. The minimum absolute atomic E-state index is 0.00536. The van der Waals surface area contributed by atoms with Crippen LogP contribution in [0.1, 0.15) is 50.2 Å². The summed E-state index contributed by atoms with van der Waals surface area (Å²) in [5, 5.41) is 3.08. The van der Waals surface area contributed by atoms with Crippen molar-refractivity contribution in [1.29, 1.82) is 0 Å². The lowest BCUT2D eigenvalue weighted by Gasteiger charge is -2.37. The van der Waals surface area contributed by atoms with Crippen LogP contribution < -0.4 is 5.32 Å². The number of carbonyl (C=O) groups is 1. The van der Waals surface area contributed by atoms with E-state index in [2.05, 4.69) is 24.4 Å². The lowest BCUT2D eigenvalue weighted by atomic mass is 9.90. The van der Waals surface area contributed by atoms with Crippen molar-refractivity contribution in [3.05, 3.63) is 35.4 Å². The van der Waals surface area contributed by atoms with Crippen molar-refractivity contribution in [3.63, 3.8) is 0 Å². The van der Waals surface area contributed by atoms with Gasteiger partial charge in [0.25, 0.3) is 0 Å². The normalized spacial score (nSPS) is 27.5. The predicted octanol–water partition coefficient (Wildman–Crippen LogP) is 2.42. The fraction of sp³-hybridized carbons (Fsp3) is 0.650. The van der Waals surface area contributed by atoms with E-state index in [1.54, 1.807) is 0 Å². The standard InChI is InChI=1S/C20H29NO4S/c1-2-3-4-16-5-7-17(8-6-16)13-19(22)21-18-9-11-25-20(14-18)10-12-26(23,24)15-20/h5-8,18H,2-4,9-15H2,1H3,(H,21,22)/t18-,20-/m1/s1. The van der Waals surface area contributed by atoms with Gasteiger partial charge in [0.05, 0.1) is 23.5 Å². The van der Waals surface area contributed by atoms with Gasteiger partial charge in [0.1, 0.15) is 0 Å². The Morgan fingerprint density at radius 3 is 2.65 bits per heavy atom. The highest BCUT2D eigenvalue weighted by Gasteiger charge is 2.46. The molecule has 2 heterocycles. The minimum Gasteiger partial charge on any atom is -0.374 e. The molecular weight excluding hydrogens is 350 g/mol. The van der Waals surface area contributed by atoms with E-state index < -0.39 is 15.4 Å². The smallest absolute Gasteiger partial charge is 0.224 e. The number of carbonyl (C=O) groups excluding carboxylic acids is 1. The van der Waals surface area contributed by atoms with E-state index in [9.17, 15) is 13.2 Å². The highest BCUT2D eigenvalue weighted by molar-refractivity contribution is 7.91. The molecule has 1 spiro atoms. The summed E-state index contributed by atoms with van der Waals surface area (Å²) < 4.78 is 29.4. The SMILES string of the molecule is CCCCc1ccc(CC(=O)N[C@@H]2CCO[C@]3(CCS(=O)(=O)C3)C2)cc1. The first kappa shape index (κ1) is 19.4. The van der Waals surface area contributed by atoms with E-state index in [1.807, 2.05) is 12.1 Å². The molecule has 0 aliphatic carbocycles. The fourth-order valence-electron chi connectivity index (χ4n) is 3.98. The minimum atomic E-state index is -3.00. The molecule has 6 heteroatoms. The van der Waals surface area contributed by atoms with Gasteiger partial charge in [-0.2, -0.15) is 0 Å². The molecule has 0 saturated carbocycles. The summed E-state index contributed by atoms with van der Waals surface area (Å²) in [6.07, 6.45) is 5.67. The third kappa shape index (κ3) is 5.07. The van der Waals surface area contributed by atoms with Crippen LogP contribution in [0.5, 0.6) is 0 Å². The number of aryl methyl sites for hydroxylation is 1. The van der Waals surface area contributed by atoms with Crippen LogP contribution in [0.15, 0.2) is 24.3 Å². The third-order valence-corrected chi connectivity index (χ3v) is 7.21. The van der Waals surface area contributed by atoms with Crippen molar-refractivity contribution in [1.82, 2.24) is 5.32 Å². The van der Waals surface area contributed by atoms with E-state index in [0.717, 1.165) is 18.4 Å². The highest BCUT2D eigenvalue weighted by Crippen LogP contribution is 2.35. The van der Waals surface area contributed by atoms with E-state index in [4.69, 9.17) is 4.74 Å². The first-order valence-electron chi connectivity index (χ1n) is 9.61. The number of hydrogen-bond donors (Lipinski definition) is 1. The Morgan fingerprint density at radius 1 is 1.27 bits per heavy atom. The van der Waals surface area contributed by atoms with E-state index in [0.29, 0.717) is 25.9 Å². The van der Waals surface area contributed by atoms with Crippen LogP contribution in [0.3, 0.4) is 0 Å². The number of nitrogens with one attached hydrogen (secondary N) is 1. The molecule has 3 rings (SSSR count).